The Kier molecular flexibility index (Phi) is 5.06. The lowest BCUT2D eigenvalue weighted by atomic mass is 10.3. The van der Waals surface area contributed by atoms with Crippen LogP contribution < -0.4 is 17.2 Å². The fraction of sp³-hybridized carbons (Fsp3) is 0.250. The second-order valence-corrected chi connectivity index (χ2v) is 4.10. The topological polar surface area (TPSA) is 137 Å². The summed E-state index contributed by atoms with van der Waals surface area (Å²) < 4.78 is 31.5. The average Bonchev–Trinajstić information content (AvgIpc) is 2.02. The third-order valence-electron chi connectivity index (χ3n) is 1.30. The van der Waals surface area contributed by atoms with Crippen LogP contribution in [0.25, 0.3) is 0 Å². The van der Waals surface area contributed by atoms with E-state index in [2.05, 4.69) is 5.73 Å². The normalized spacial score (nSPS) is 10.3. The van der Waals surface area contributed by atoms with Crippen molar-refractivity contribution >= 4 is 21.5 Å². The summed E-state index contributed by atoms with van der Waals surface area (Å²) >= 11 is 0. The minimum atomic E-state index is -4.48. The highest BCUT2D eigenvalue weighted by Crippen LogP contribution is 2.19. The van der Waals surface area contributed by atoms with Gasteiger partial charge in [-0.25, -0.2) is 8.42 Å². The van der Waals surface area contributed by atoms with Gasteiger partial charge in [-0.3, -0.25) is 0 Å². The molecule has 6 nitrogen and oxygen atoms in total. The number of benzene rings is 1. The number of nitrogens with two attached hydrogens (primary N) is 2. The van der Waals surface area contributed by atoms with Gasteiger partial charge in [0.2, 0.25) is 0 Å². The van der Waals surface area contributed by atoms with Crippen molar-refractivity contribution in [2.45, 2.75) is 11.8 Å². The molecule has 0 fully saturated rings. The first kappa shape index (κ1) is 13.7. The molecule has 0 amide bonds. The largest absolute Gasteiger partial charge is 0.744 e. The molecule has 86 valence electrons. The van der Waals surface area contributed by atoms with E-state index in [-0.39, 0.29) is 5.69 Å². The van der Waals surface area contributed by atoms with Crippen molar-refractivity contribution in [2.24, 2.45) is 0 Å². The zero-order chi connectivity index (χ0) is 12.1. The molecular formula is C8H15N3O3S. The molecule has 7 heteroatoms. The summed E-state index contributed by atoms with van der Waals surface area (Å²) in [5, 5.41) is 0. The van der Waals surface area contributed by atoms with E-state index >= 15 is 0 Å². The first-order valence-corrected chi connectivity index (χ1v) is 5.63. The molecule has 15 heavy (non-hydrogen) atoms. The van der Waals surface area contributed by atoms with Crippen molar-refractivity contribution < 1.29 is 18.7 Å². The van der Waals surface area contributed by atoms with Crippen LogP contribution in [-0.2, 0) is 10.1 Å². The van der Waals surface area contributed by atoms with Gasteiger partial charge >= 0.3 is 0 Å². The molecule has 0 aliphatic carbocycles. The molecule has 1 aromatic carbocycles. The van der Waals surface area contributed by atoms with Gasteiger partial charge in [-0.1, -0.05) is 0 Å². The van der Waals surface area contributed by atoms with Gasteiger partial charge in [0.15, 0.2) is 0 Å². The minimum absolute atomic E-state index is 0.120. The highest BCUT2D eigenvalue weighted by molar-refractivity contribution is 7.86. The molecule has 0 spiro atoms. The average molecular weight is 233 g/mol. The monoisotopic (exact) mass is 233 g/mol. The third kappa shape index (κ3) is 4.63. The van der Waals surface area contributed by atoms with Crippen LogP contribution in [0.5, 0.6) is 0 Å². The van der Waals surface area contributed by atoms with Crippen LogP contribution in [-0.4, -0.2) is 19.5 Å². The standard InChI is InChI=1S/C6H8N2O3S.C2H7N/c7-4-1-2-6(5(8)3-4)12(9,10)11;1-2-3/h1-3H,7-8H2,(H,9,10,11);2-3H2,1H3. The molecule has 0 aliphatic rings. The number of rotatable bonds is 1. The fourth-order valence-electron chi connectivity index (χ4n) is 0.795. The summed E-state index contributed by atoms with van der Waals surface area (Å²) in [5.41, 5.74) is 14.2. The van der Waals surface area contributed by atoms with Gasteiger partial charge in [0, 0.05) is 5.69 Å². The SMILES string of the molecule is CC[NH3+].Nc1ccc(S(=O)(=O)[O-])c(N)c1. The van der Waals surface area contributed by atoms with E-state index in [0.29, 0.717) is 5.69 Å². The zero-order valence-electron chi connectivity index (χ0n) is 8.43. The fourth-order valence-corrected chi connectivity index (χ4v) is 1.38. The minimum Gasteiger partial charge on any atom is -0.744 e. The van der Waals surface area contributed by atoms with Crippen LogP contribution in [0.1, 0.15) is 6.92 Å². The van der Waals surface area contributed by atoms with Crippen LogP contribution in [0.3, 0.4) is 0 Å². The third-order valence-corrected chi connectivity index (χ3v) is 2.21. The molecule has 0 atom stereocenters. The Morgan fingerprint density at radius 1 is 1.40 bits per heavy atom. The van der Waals surface area contributed by atoms with Gasteiger partial charge in [0.1, 0.15) is 10.1 Å². The molecule has 0 saturated heterocycles. The van der Waals surface area contributed by atoms with Crippen molar-refractivity contribution in [3.05, 3.63) is 18.2 Å². The predicted octanol–water partition coefficient (Wildman–Crippen LogP) is -0.997. The summed E-state index contributed by atoms with van der Waals surface area (Å²) in [6, 6.07) is 3.62. The lowest BCUT2D eigenvalue weighted by Gasteiger charge is -2.09. The van der Waals surface area contributed by atoms with E-state index in [1.165, 1.54) is 12.1 Å². The summed E-state index contributed by atoms with van der Waals surface area (Å²) in [6.07, 6.45) is 0. The Labute approximate surface area is 88.8 Å². The lowest BCUT2D eigenvalue weighted by Crippen LogP contribution is -2.48. The van der Waals surface area contributed by atoms with E-state index in [4.69, 9.17) is 11.5 Å². The molecule has 7 N–H and O–H groups in total. The Bertz CT molecular complexity index is 417. The van der Waals surface area contributed by atoms with Gasteiger partial charge in [0.25, 0.3) is 0 Å². The van der Waals surface area contributed by atoms with E-state index in [1.54, 1.807) is 0 Å². The van der Waals surface area contributed by atoms with Crippen LogP contribution in [0.2, 0.25) is 0 Å². The van der Waals surface area contributed by atoms with Gasteiger partial charge in [0.05, 0.1) is 17.1 Å². The quantitative estimate of drug-likeness (QED) is 0.422. The Morgan fingerprint density at radius 2 is 1.87 bits per heavy atom. The molecule has 0 unspecified atom stereocenters. The van der Waals surface area contributed by atoms with Gasteiger partial charge in [-0.2, -0.15) is 0 Å². The highest BCUT2D eigenvalue weighted by atomic mass is 32.2. The van der Waals surface area contributed by atoms with Crippen LogP contribution in [0.4, 0.5) is 11.4 Å². The van der Waals surface area contributed by atoms with E-state index in [1.807, 2.05) is 6.92 Å². The van der Waals surface area contributed by atoms with Crippen molar-refractivity contribution in [1.29, 1.82) is 0 Å². The van der Waals surface area contributed by atoms with Gasteiger partial charge < -0.3 is 21.8 Å². The molecule has 1 aromatic rings. The van der Waals surface area contributed by atoms with Crippen LogP contribution in [0, 0.1) is 0 Å². The molecule has 0 radical (unpaired) electrons. The number of anilines is 2. The van der Waals surface area contributed by atoms with Crippen molar-refractivity contribution in [1.82, 2.24) is 0 Å². The number of hydrogen-bond acceptors (Lipinski definition) is 5. The first-order valence-electron chi connectivity index (χ1n) is 4.23. The van der Waals surface area contributed by atoms with Crippen molar-refractivity contribution in [3.63, 3.8) is 0 Å². The predicted molar refractivity (Wildman–Crippen MR) is 56.7 cm³/mol. The Balaban J connectivity index is 0.000000583. The molecule has 0 aromatic heterocycles. The molecule has 0 aliphatic heterocycles. The van der Waals surface area contributed by atoms with Crippen LogP contribution >= 0.6 is 0 Å². The molecule has 0 bridgehead atoms. The van der Waals surface area contributed by atoms with Gasteiger partial charge in [-0.15, -0.1) is 0 Å². The molecular weight excluding hydrogens is 218 g/mol. The Hall–Kier alpha value is -1.31. The molecule has 0 saturated carbocycles. The van der Waals surface area contributed by atoms with Gasteiger partial charge in [-0.05, 0) is 25.1 Å². The van der Waals surface area contributed by atoms with Crippen molar-refractivity contribution in [2.75, 3.05) is 18.0 Å². The lowest BCUT2D eigenvalue weighted by molar-refractivity contribution is -0.361. The maximum Gasteiger partial charge on any atom is 0.126 e. The summed E-state index contributed by atoms with van der Waals surface area (Å²) in [7, 11) is -4.48. The molecule has 1 rings (SSSR count). The second-order valence-electron chi connectivity index (χ2n) is 2.75. The smallest absolute Gasteiger partial charge is 0.126 e. The summed E-state index contributed by atoms with van der Waals surface area (Å²) in [6.45, 7) is 3.01. The number of quaternary nitrogens is 1. The highest BCUT2D eigenvalue weighted by Gasteiger charge is 2.05. The summed E-state index contributed by atoms with van der Waals surface area (Å²) in [5.74, 6) is 0. The second kappa shape index (κ2) is 5.54. The van der Waals surface area contributed by atoms with Crippen molar-refractivity contribution in [3.8, 4) is 0 Å². The maximum absolute atomic E-state index is 10.5. The van der Waals surface area contributed by atoms with E-state index < -0.39 is 15.0 Å². The number of hydrogen-bond donors (Lipinski definition) is 3. The molecule has 0 heterocycles. The maximum atomic E-state index is 10.5. The zero-order valence-corrected chi connectivity index (χ0v) is 9.25. The Morgan fingerprint density at radius 3 is 2.20 bits per heavy atom. The first-order chi connectivity index (χ1) is 6.82. The van der Waals surface area contributed by atoms with Crippen LogP contribution in [0.15, 0.2) is 23.1 Å². The summed E-state index contributed by atoms with van der Waals surface area (Å²) in [4.78, 5) is -0.434. The van der Waals surface area contributed by atoms with E-state index in [0.717, 1.165) is 12.6 Å². The van der Waals surface area contributed by atoms with E-state index in [9.17, 15) is 13.0 Å². The number of nitrogen functional groups attached to an aromatic ring is 2.